The average Bonchev–Trinajstić information content (AvgIpc) is 2.69. The van der Waals surface area contributed by atoms with E-state index in [2.05, 4.69) is 5.32 Å². The van der Waals surface area contributed by atoms with E-state index in [1.165, 1.54) is 12.1 Å². The predicted octanol–water partition coefficient (Wildman–Crippen LogP) is 4.12. The molecule has 0 unspecified atom stereocenters. The first-order valence-electron chi connectivity index (χ1n) is 9.59. The van der Waals surface area contributed by atoms with E-state index in [1.807, 2.05) is 30.3 Å². The Labute approximate surface area is 167 Å². The van der Waals surface area contributed by atoms with Gasteiger partial charge < -0.3 is 15.2 Å². The first-order chi connectivity index (χ1) is 13.7. The van der Waals surface area contributed by atoms with Gasteiger partial charge in [0, 0.05) is 6.04 Å². The number of amides is 1. The lowest BCUT2D eigenvalue weighted by Gasteiger charge is -2.36. The Morgan fingerprint density at radius 3 is 2.45 bits per heavy atom. The van der Waals surface area contributed by atoms with E-state index in [4.69, 9.17) is 4.74 Å². The highest BCUT2D eigenvalue weighted by Crippen LogP contribution is 2.37. The molecule has 1 saturated carbocycles. The van der Waals surface area contributed by atoms with Crippen molar-refractivity contribution >= 4 is 5.91 Å². The maximum absolute atomic E-state index is 12.3. The molecule has 29 heavy (non-hydrogen) atoms. The number of ether oxygens (including phenoxy) is 1. The lowest BCUT2D eigenvalue weighted by Crippen LogP contribution is -2.42. The number of carbonyl (C=O) groups excluding carboxylic acids is 1. The number of halogens is 3. The van der Waals surface area contributed by atoms with Crippen molar-refractivity contribution in [1.29, 1.82) is 0 Å². The molecule has 0 heterocycles. The zero-order valence-electron chi connectivity index (χ0n) is 15.9. The minimum atomic E-state index is -4.41. The molecule has 156 valence electrons. The summed E-state index contributed by atoms with van der Waals surface area (Å²) in [5, 5.41) is 13.8. The molecular formula is C22H24F3NO3. The highest BCUT2D eigenvalue weighted by atomic mass is 19.4. The van der Waals surface area contributed by atoms with Crippen LogP contribution in [0.2, 0.25) is 0 Å². The minimum absolute atomic E-state index is 0.0313. The van der Waals surface area contributed by atoms with Gasteiger partial charge in [0.25, 0.3) is 0 Å². The van der Waals surface area contributed by atoms with Gasteiger partial charge >= 0.3 is 6.18 Å². The smallest absolute Gasteiger partial charge is 0.422 e. The normalized spacial score (nSPS) is 22.1. The molecule has 1 aliphatic carbocycles. The Bertz CT molecular complexity index is 816. The van der Waals surface area contributed by atoms with Gasteiger partial charge in [0.15, 0.2) is 6.61 Å². The van der Waals surface area contributed by atoms with Crippen LogP contribution in [0, 0.1) is 0 Å². The molecule has 1 aliphatic rings. The molecule has 2 aromatic rings. The highest BCUT2D eigenvalue weighted by Gasteiger charge is 2.35. The topological polar surface area (TPSA) is 58.6 Å². The zero-order chi connectivity index (χ0) is 20.9. The lowest BCUT2D eigenvalue weighted by atomic mass is 9.78. The summed E-state index contributed by atoms with van der Waals surface area (Å²) in [7, 11) is 0. The summed E-state index contributed by atoms with van der Waals surface area (Å²) in [5.41, 5.74) is 0.603. The van der Waals surface area contributed by atoms with Gasteiger partial charge in [-0.1, -0.05) is 42.5 Å². The molecule has 0 aliphatic heterocycles. The van der Waals surface area contributed by atoms with Crippen molar-refractivity contribution in [3.63, 3.8) is 0 Å². The van der Waals surface area contributed by atoms with Crippen molar-refractivity contribution in [3.05, 3.63) is 65.7 Å². The van der Waals surface area contributed by atoms with E-state index in [-0.39, 0.29) is 24.1 Å². The van der Waals surface area contributed by atoms with Gasteiger partial charge in [0.2, 0.25) is 5.91 Å². The van der Waals surface area contributed by atoms with Crippen LogP contribution in [-0.2, 0) is 16.8 Å². The molecule has 0 radical (unpaired) electrons. The van der Waals surface area contributed by atoms with Gasteiger partial charge in [-0.05, 0) is 48.9 Å². The number of alkyl halides is 3. The molecule has 4 nitrogen and oxygen atoms in total. The molecular weight excluding hydrogens is 383 g/mol. The van der Waals surface area contributed by atoms with Crippen LogP contribution >= 0.6 is 0 Å². The monoisotopic (exact) mass is 407 g/mol. The van der Waals surface area contributed by atoms with Gasteiger partial charge in [-0.2, -0.15) is 13.2 Å². The van der Waals surface area contributed by atoms with E-state index in [0.717, 1.165) is 5.56 Å². The molecule has 1 fully saturated rings. The summed E-state index contributed by atoms with van der Waals surface area (Å²) in [6.45, 7) is -1.37. The number of hydrogen-bond donors (Lipinski definition) is 2. The summed E-state index contributed by atoms with van der Waals surface area (Å²) >= 11 is 0. The van der Waals surface area contributed by atoms with Crippen LogP contribution in [0.5, 0.6) is 5.75 Å². The number of carbonyl (C=O) groups is 1. The van der Waals surface area contributed by atoms with Gasteiger partial charge in [-0.15, -0.1) is 0 Å². The van der Waals surface area contributed by atoms with Crippen LogP contribution in [0.15, 0.2) is 54.6 Å². The third kappa shape index (κ3) is 6.22. The van der Waals surface area contributed by atoms with Crippen molar-refractivity contribution in [3.8, 4) is 5.75 Å². The fourth-order valence-corrected chi connectivity index (χ4v) is 3.65. The predicted molar refractivity (Wildman–Crippen MR) is 102 cm³/mol. The average molecular weight is 407 g/mol. The quantitative estimate of drug-likeness (QED) is 0.758. The van der Waals surface area contributed by atoms with Crippen molar-refractivity contribution in [2.45, 2.75) is 49.9 Å². The fourth-order valence-electron chi connectivity index (χ4n) is 3.65. The zero-order valence-corrected chi connectivity index (χ0v) is 15.9. The Kier molecular flexibility index (Phi) is 6.47. The van der Waals surface area contributed by atoms with Gasteiger partial charge in [-0.3, -0.25) is 4.79 Å². The minimum Gasteiger partial charge on any atom is -0.484 e. The fraction of sp³-hybridized carbons (Fsp3) is 0.409. The van der Waals surface area contributed by atoms with Gasteiger partial charge in [0.1, 0.15) is 5.75 Å². The first kappa shape index (κ1) is 21.2. The van der Waals surface area contributed by atoms with Gasteiger partial charge in [0.05, 0.1) is 12.0 Å². The van der Waals surface area contributed by atoms with E-state index >= 15 is 0 Å². The molecule has 0 bridgehead atoms. The molecule has 0 atom stereocenters. The molecule has 2 aromatic carbocycles. The van der Waals surface area contributed by atoms with Crippen molar-refractivity contribution < 1.29 is 27.8 Å². The summed E-state index contributed by atoms with van der Waals surface area (Å²) in [6.07, 6.45) is -1.91. The number of hydrogen-bond acceptors (Lipinski definition) is 3. The van der Waals surface area contributed by atoms with Crippen LogP contribution < -0.4 is 10.1 Å². The lowest BCUT2D eigenvalue weighted by molar-refractivity contribution is -0.153. The Hall–Kier alpha value is -2.54. The van der Waals surface area contributed by atoms with Crippen molar-refractivity contribution in [2.24, 2.45) is 0 Å². The number of nitrogens with one attached hydrogen (secondary N) is 1. The Morgan fingerprint density at radius 2 is 1.79 bits per heavy atom. The van der Waals surface area contributed by atoms with Crippen LogP contribution in [0.25, 0.3) is 0 Å². The summed E-state index contributed by atoms with van der Waals surface area (Å²) in [4.78, 5) is 12.3. The molecule has 1 amide bonds. The molecule has 0 aromatic heterocycles. The van der Waals surface area contributed by atoms with Crippen molar-refractivity contribution in [2.75, 3.05) is 6.61 Å². The first-order valence-corrected chi connectivity index (χ1v) is 9.59. The van der Waals surface area contributed by atoms with Crippen LogP contribution in [-0.4, -0.2) is 29.8 Å². The molecule has 0 saturated heterocycles. The largest absolute Gasteiger partial charge is 0.484 e. The maximum Gasteiger partial charge on any atom is 0.422 e. The van der Waals surface area contributed by atoms with E-state index in [1.54, 1.807) is 12.1 Å². The number of benzene rings is 2. The van der Waals surface area contributed by atoms with E-state index < -0.39 is 18.4 Å². The summed E-state index contributed by atoms with van der Waals surface area (Å²) < 4.78 is 41.5. The second-order valence-corrected chi connectivity index (χ2v) is 7.47. The van der Waals surface area contributed by atoms with Crippen LogP contribution in [0.1, 0.15) is 36.8 Å². The molecule has 2 N–H and O–H groups in total. The molecule has 3 rings (SSSR count). The summed E-state index contributed by atoms with van der Waals surface area (Å²) in [5.74, 6) is -0.119. The molecule has 0 spiro atoms. The Balaban J connectivity index is 1.49. The van der Waals surface area contributed by atoms with Crippen LogP contribution in [0.3, 0.4) is 0 Å². The third-order valence-corrected chi connectivity index (χ3v) is 5.15. The van der Waals surface area contributed by atoms with E-state index in [0.29, 0.717) is 31.2 Å². The van der Waals surface area contributed by atoms with Gasteiger partial charge in [-0.25, -0.2) is 0 Å². The third-order valence-electron chi connectivity index (χ3n) is 5.15. The maximum atomic E-state index is 12.3. The second-order valence-electron chi connectivity index (χ2n) is 7.47. The van der Waals surface area contributed by atoms with Crippen molar-refractivity contribution in [1.82, 2.24) is 5.32 Å². The standard InChI is InChI=1S/C22H24F3NO3/c23-22(24,25)15-29-19-8-4-5-16(13-19)14-20(27)26-18-9-11-21(28,12-10-18)17-6-2-1-3-7-17/h1-8,13,18,28H,9-12,14-15H2,(H,26,27). The van der Waals surface area contributed by atoms with Crippen LogP contribution in [0.4, 0.5) is 13.2 Å². The number of rotatable bonds is 6. The summed E-state index contributed by atoms with van der Waals surface area (Å²) in [6, 6.07) is 15.6. The SMILES string of the molecule is O=C(Cc1cccc(OCC(F)(F)F)c1)NC1CCC(O)(c2ccccc2)CC1. The highest BCUT2D eigenvalue weighted by molar-refractivity contribution is 5.79. The second kappa shape index (κ2) is 8.86. The Morgan fingerprint density at radius 1 is 1.10 bits per heavy atom. The number of aliphatic hydroxyl groups is 1. The van der Waals surface area contributed by atoms with E-state index in [9.17, 15) is 23.1 Å². The molecule has 7 heteroatoms.